The quantitative estimate of drug-likeness (QED) is 0.0696. The maximum atomic E-state index is 12.7. The standard InChI is InChI=1S/C36H41ClN5O2S/c1-6-41-33-23-29(37)13-18-34(33)45-35(41)24-31-16-12-28-22-26(2)9-17-32(28)42(31)20-21-44-36(43)8-7-19-40(5)30-14-10-27(11-15-30)25-38-39(3)4/h9-18,22-25H,6-8,19-21H2,1-5H3/q+1/b38-25+. The molecule has 0 radical (unpaired) electrons. The first-order valence-electron chi connectivity index (χ1n) is 15.3. The molecular weight excluding hydrogens is 602 g/mol. The highest BCUT2D eigenvalue weighted by Gasteiger charge is 2.26. The number of pyridine rings is 1. The molecule has 2 heterocycles. The van der Waals surface area contributed by atoms with Gasteiger partial charge >= 0.3 is 5.97 Å². The van der Waals surface area contributed by atoms with Crippen LogP contribution in [0.5, 0.6) is 0 Å². The van der Waals surface area contributed by atoms with Crippen LogP contribution in [0.25, 0.3) is 17.0 Å². The Labute approximate surface area is 275 Å². The van der Waals surface area contributed by atoms with Crippen molar-refractivity contribution < 1.29 is 14.1 Å². The highest BCUT2D eigenvalue weighted by molar-refractivity contribution is 8.03. The monoisotopic (exact) mass is 642 g/mol. The van der Waals surface area contributed by atoms with Crippen molar-refractivity contribution in [2.75, 3.05) is 50.6 Å². The Balaban J connectivity index is 1.22. The number of rotatable bonds is 12. The second-order valence-electron chi connectivity index (χ2n) is 11.3. The van der Waals surface area contributed by atoms with Crippen LogP contribution in [0.1, 0.15) is 36.6 Å². The van der Waals surface area contributed by atoms with Gasteiger partial charge in [0.15, 0.2) is 13.2 Å². The fraction of sp³-hybridized carbons (Fsp3) is 0.306. The summed E-state index contributed by atoms with van der Waals surface area (Å²) in [5.74, 6) is -0.175. The number of esters is 1. The summed E-state index contributed by atoms with van der Waals surface area (Å²) in [4.78, 5) is 18.4. The second-order valence-corrected chi connectivity index (χ2v) is 12.8. The molecule has 9 heteroatoms. The van der Waals surface area contributed by atoms with Crippen molar-refractivity contribution in [3.05, 3.63) is 99.7 Å². The first-order chi connectivity index (χ1) is 21.7. The summed E-state index contributed by atoms with van der Waals surface area (Å²) < 4.78 is 8.00. The number of thioether (sulfide) groups is 1. The van der Waals surface area contributed by atoms with E-state index in [2.05, 4.69) is 87.9 Å². The van der Waals surface area contributed by atoms with Crippen molar-refractivity contribution in [3.8, 4) is 0 Å². The maximum absolute atomic E-state index is 12.7. The van der Waals surface area contributed by atoms with Gasteiger partial charge in [0.25, 0.3) is 0 Å². The number of ether oxygens (including phenoxy) is 1. The van der Waals surface area contributed by atoms with E-state index in [9.17, 15) is 4.79 Å². The molecule has 0 saturated heterocycles. The number of fused-ring (bicyclic) bond motifs is 2. The van der Waals surface area contributed by atoms with E-state index < -0.39 is 0 Å². The van der Waals surface area contributed by atoms with Gasteiger partial charge in [-0.25, -0.2) is 0 Å². The lowest BCUT2D eigenvalue weighted by molar-refractivity contribution is -0.674. The van der Waals surface area contributed by atoms with Crippen molar-refractivity contribution in [1.29, 1.82) is 0 Å². The predicted octanol–water partition coefficient (Wildman–Crippen LogP) is 7.38. The normalized spacial score (nSPS) is 13.6. The van der Waals surface area contributed by atoms with E-state index in [-0.39, 0.29) is 5.97 Å². The summed E-state index contributed by atoms with van der Waals surface area (Å²) in [6.45, 7) is 6.71. The molecule has 0 N–H and O–H groups in total. The molecule has 3 aromatic carbocycles. The van der Waals surface area contributed by atoms with Gasteiger partial charge in [-0.1, -0.05) is 47.1 Å². The van der Waals surface area contributed by atoms with Crippen molar-refractivity contribution in [2.24, 2.45) is 5.10 Å². The maximum Gasteiger partial charge on any atom is 0.306 e. The Morgan fingerprint density at radius 3 is 2.60 bits per heavy atom. The van der Waals surface area contributed by atoms with Crippen molar-refractivity contribution in [3.63, 3.8) is 0 Å². The number of halogens is 1. The van der Waals surface area contributed by atoms with Crippen molar-refractivity contribution >= 4 is 63.9 Å². The molecule has 234 valence electrons. The molecular formula is C36H41ClN5O2S+. The number of carbonyl (C=O) groups excluding carboxylic acids is 1. The van der Waals surface area contributed by atoms with Crippen LogP contribution in [-0.2, 0) is 16.1 Å². The van der Waals surface area contributed by atoms with Gasteiger partial charge in [-0.05, 0) is 68.3 Å². The van der Waals surface area contributed by atoms with E-state index in [1.165, 1.54) is 10.5 Å². The number of nitrogens with zero attached hydrogens (tertiary/aromatic N) is 5. The summed E-state index contributed by atoms with van der Waals surface area (Å²) in [6, 6.07) is 25.1. The molecule has 0 amide bonds. The third-order valence-corrected chi connectivity index (χ3v) is 9.07. The fourth-order valence-corrected chi connectivity index (χ4v) is 6.70. The van der Waals surface area contributed by atoms with Crippen molar-refractivity contribution in [1.82, 2.24) is 5.01 Å². The topological polar surface area (TPSA) is 52.3 Å². The smallest absolute Gasteiger partial charge is 0.306 e. The molecule has 1 aromatic heterocycles. The second kappa shape index (κ2) is 14.8. The molecule has 1 aliphatic rings. The Kier molecular flexibility index (Phi) is 10.7. The number of carbonyl (C=O) groups is 1. The van der Waals surface area contributed by atoms with Crippen LogP contribution in [0.4, 0.5) is 11.4 Å². The van der Waals surface area contributed by atoms with Crippen LogP contribution in [0.15, 0.2) is 87.8 Å². The Morgan fingerprint density at radius 2 is 1.84 bits per heavy atom. The van der Waals surface area contributed by atoms with E-state index in [1.807, 2.05) is 51.6 Å². The van der Waals surface area contributed by atoms with Gasteiger partial charge in [0.2, 0.25) is 11.2 Å². The van der Waals surface area contributed by atoms with Gasteiger partial charge in [0.05, 0.1) is 16.9 Å². The highest BCUT2D eigenvalue weighted by atomic mass is 35.5. The van der Waals surface area contributed by atoms with Crippen LogP contribution in [0, 0.1) is 6.92 Å². The number of anilines is 2. The first-order valence-corrected chi connectivity index (χ1v) is 16.5. The molecule has 0 aliphatic carbocycles. The van der Waals surface area contributed by atoms with Crippen LogP contribution in [0.2, 0.25) is 5.02 Å². The number of aryl methyl sites for hydroxylation is 1. The third kappa shape index (κ3) is 8.18. The minimum absolute atomic E-state index is 0.175. The third-order valence-electron chi connectivity index (χ3n) is 7.72. The number of aromatic nitrogens is 1. The van der Waals surface area contributed by atoms with Crippen LogP contribution in [-0.4, -0.2) is 58.0 Å². The fourth-order valence-electron chi connectivity index (χ4n) is 5.38. The van der Waals surface area contributed by atoms with Gasteiger partial charge in [0, 0.05) is 79.9 Å². The zero-order chi connectivity index (χ0) is 31.9. The number of hydrogen-bond donors (Lipinski definition) is 0. The Morgan fingerprint density at radius 1 is 1.04 bits per heavy atom. The van der Waals surface area contributed by atoms with Gasteiger partial charge in [-0.15, -0.1) is 0 Å². The molecule has 0 fully saturated rings. The largest absolute Gasteiger partial charge is 0.459 e. The van der Waals surface area contributed by atoms with Crippen LogP contribution in [0.3, 0.4) is 0 Å². The molecule has 45 heavy (non-hydrogen) atoms. The molecule has 5 rings (SSSR count). The van der Waals surface area contributed by atoms with Crippen LogP contribution >= 0.6 is 23.4 Å². The lowest BCUT2D eigenvalue weighted by Crippen LogP contribution is -2.40. The molecule has 0 saturated carbocycles. The lowest BCUT2D eigenvalue weighted by Gasteiger charge is -2.19. The van der Waals surface area contributed by atoms with E-state index in [0.717, 1.165) is 56.7 Å². The van der Waals surface area contributed by atoms with Gasteiger partial charge in [-0.2, -0.15) is 9.67 Å². The minimum atomic E-state index is -0.175. The summed E-state index contributed by atoms with van der Waals surface area (Å²) >= 11 is 8.08. The predicted molar refractivity (Wildman–Crippen MR) is 188 cm³/mol. The van der Waals surface area contributed by atoms with Crippen LogP contribution < -0.4 is 14.4 Å². The van der Waals surface area contributed by atoms with Crippen molar-refractivity contribution in [2.45, 2.75) is 38.1 Å². The molecule has 0 bridgehead atoms. The van der Waals surface area contributed by atoms with E-state index in [1.54, 1.807) is 16.8 Å². The number of hydrogen-bond acceptors (Lipinski definition) is 7. The van der Waals surface area contributed by atoms with E-state index in [0.29, 0.717) is 26.0 Å². The Hall–Kier alpha value is -4.01. The summed E-state index contributed by atoms with van der Waals surface area (Å²) in [5.41, 5.74) is 6.66. The number of hydrazone groups is 1. The highest BCUT2D eigenvalue weighted by Crippen LogP contribution is 2.47. The molecule has 0 spiro atoms. The lowest BCUT2D eigenvalue weighted by atomic mass is 10.1. The molecule has 1 aliphatic heterocycles. The SMILES string of the molecule is CCN1/C(=C\c2ccc3cc(C)ccc3[n+]2CCOC(=O)CCCN(C)c2ccc(/C=N/N(C)C)cc2)Sc2ccc(Cl)cc21. The average Bonchev–Trinajstić information content (AvgIpc) is 3.36. The summed E-state index contributed by atoms with van der Waals surface area (Å²) in [6.07, 6.45) is 5.14. The molecule has 0 atom stereocenters. The summed E-state index contributed by atoms with van der Waals surface area (Å²) in [7, 11) is 5.84. The van der Waals surface area contributed by atoms with Gasteiger partial charge in [-0.3, -0.25) is 4.79 Å². The number of benzene rings is 3. The first kappa shape index (κ1) is 32.4. The average molecular weight is 643 g/mol. The zero-order valence-corrected chi connectivity index (χ0v) is 28.2. The molecule has 7 nitrogen and oxygen atoms in total. The Bertz CT molecular complexity index is 1720. The molecule has 0 unspecified atom stereocenters. The zero-order valence-electron chi connectivity index (χ0n) is 26.7. The minimum Gasteiger partial charge on any atom is -0.459 e. The molecule has 4 aromatic rings. The van der Waals surface area contributed by atoms with E-state index in [4.69, 9.17) is 16.3 Å². The van der Waals surface area contributed by atoms with E-state index >= 15 is 0 Å². The summed E-state index contributed by atoms with van der Waals surface area (Å²) in [5, 5.41) is 9.08. The van der Waals surface area contributed by atoms with Gasteiger partial charge in [0.1, 0.15) is 0 Å². The van der Waals surface area contributed by atoms with Gasteiger partial charge < -0.3 is 19.5 Å².